The van der Waals surface area contributed by atoms with Crippen molar-refractivity contribution < 1.29 is 4.79 Å². The van der Waals surface area contributed by atoms with Crippen molar-refractivity contribution in [3.05, 3.63) is 62.3 Å². The van der Waals surface area contributed by atoms with Gasteiger partial charge in [0.25, 0.3) is 5.56 Å². The van der Waals surface area contributed by atoms with Crippen LogP contribution in [0.3, 0.4) is 0 Å². The molecule has 9 heteroatoms. The molecular formula is C19H22N6O3. The SMILES string of the molecule is Cn1c(N2CCN(C(C(N)=O)c3ccccc3)CC2)c(C#N)c(=O)n(C)c1=O. The molecule has 1 aromatic carbocycles. The average molecular weight is 382 g/mol. The van der Waals surface area contributed by atoms with E-state index in [-0.39, 0.29) is 5.56 Å². The smallest absolute Gasteiger partial charge is 0.332 e. The third kappa shape index (κ3) is 3.30. The molecule has 1 aromatic heterocycles. The summed E-state index contributed by atoms with van der Waals surface area (Å²) in [6, 6.07) is 10.7. The van der Waals surface area contributed by atoms with E-state index < -0.39 is 23.2 Å². The van der Waals surface area contributed by atoms with E-state index in [1.54, 1.807) is 7.05 Å². The number of primary amides is 1. The predicted octanol–water partition coefficient (Wildman–Crippen LogP) is -0.696. The molecule has 1 fully saturated rings. The minimum absolute atomic E-state index is 0.0624. The summed E-state index contributed by atoms with van der Waals surface area (Å²) in [5, 5.41) is 9.45. The Labute approximate surface area is 161 Å². The number of carbonyl (C=O) groups excluding carboxylic acids is 1. The molecular weight excluding hydrogens is 360 g/mol. The second-order valence-electron chi connectivity index (χ2n) is 6.75. The lowest BCUT2D eigenvalue weighted by Crippen LogP contribution is -2.52. The van der Waals surface area contributed by atoms with Gasteiger partial charge in [0.2, 0.25) is 5.91 Å². The molecule has 0 radical (unpaired) electrons. The number of piperazine rings is 1. The Balaban J connectivity index is 1.89. The standard InChI is InChI=1S/C19H22N6O3/c1-22-17(14(12-20)18(27)23(2)19(22)28)25-10-8-24(9-11-25)15(16(21)26)13-6-4-3-5-7-13/h3-7,15H,8-11H2,1-2H3,(H2,21,26). The van der Waals surface area contributed by atoms with E-state index in [4.69, 9.17) is 5.73 Å². The third-order valence-electron chi connectivity index (χ3n) is 5.11. The second kappa shape index (κ2) is 7.70. The van der Waals surface area contributed by atoms with Gasteiger partial charge in [-0.25, -0.2) is 4.79 Å². The number of benzene rings is 1. The number of carbonyl (C=O) groups is 1. The Kier molecular flexibility index (Phi) is 5.33. The molecule has 0 spiro atoms. The van der Waals surface area contributed by atoms with Gasteiger partial charge in [0.1, 0.15) is 17.9 Å². The van der Waals surface area contributed by atoms with Gasteiger partial charge in [-0.05, 0) is 5.56 Å². The summed E-state index contributed by atoms with van der Waals surface area (Å²) in [4.78, 5) is 40.5. The predicted molar refractivity (Wildman–Crippen MR) is 104 cm³/mol. The van der Waals surface area contributed by atoms with Gasteiger partial charge in [-0.15, -0.1) is 0 Å². The Hall–Kier alpha value is -3.38. The van der Waals surface area contributed by atoms with E-state index in [0.717, 1.165) is 10.1 Å². The number of anilines is 1. The maximum Gasteiger partial charge on any atom is 0.332 e. The number of aromatic nitrogens is 2. The van der Waals surface area contributed by atoms with Crippen molar-refractivity contribution in [3.63, 3.8) is 0 Å². The molecule has 146 valence electrons. The molecule has 3 rings (SSSR count). The highest BCUT2D eigenvalue weighted by Crippen LogP contribution is 2.24. The van der Waals surface area contributed by atoms with Crippen LogP contribution in [-0.4, -0.2) is 46.1 Å². The molecule has 2 aromatic rings. The normalized spacial score (nSPS) is 15.8. The van der Waals surface area contributed by atoms with E-state index in [2.05, 4.69) is 0 Å². The maximum absolute atomic E-state index is 12.3. The maximum atomic E-state index is 12.3. The van der Waals surface area contributed by atoms with Crippen LogP contribution in [-0.2, 0) is 18.9 Å². The number of nitrogens with zero attached hydrogens (tertiary/aromatic N) is 5. The highest BCUT2D eigenvalue weighted by atomic mass is 16.2. The number of hydrogen-bond donors (Lipinski definition) is 1. The molecule has 1 aliphatic rings. The van der Waals surface area contributed by atoms with Gasteiger partial charge in [-0.1, -0.05) is 30.3 Å². The third-order valence-corrected chi connectivity index (χ3v) is 5.11. The number of hydrogen-bond acceptors (Lipinski definition) is 6. The van der Waals surface area contributed by atoms with E-state index in [1.165, 1.54) is 11.6 Å². The summed E-state index contributed by atoms with van der Waals surface area (Å²) in [6.45, 7) is 1.89. The number of rotatable bonds is 4. The Bertz CT molecular complexity index is 1040. The van der Waals surface area contributed by atoms with Crippen molar-refractivity contribution in [1.29, 1.82) is 5.26 Å². The van der Waals surface area contributed by atoms with Gasteiger partial charge >= 0.3 is 5.69 Å². The first-order valence-electron chi connectivity index (χ1n) is 8.90. The van der Waals surface area contributed by atoms with Gasteiger partial charge in [-0.3, -0.25) is 23.6 Å². The van der Waals surface area contributed by atoms with Crippen LogP contribution in [0.1, 0.15) is 17.2 Å². The van der Waals surface area contributed by atoms with Crippen molar-refractivity contribution in [2.45, 2.75) is 6.04 Å². The van der Waals surface area contributed by atoms with Crippen LogP contribution >= 0.6 is 0 Å². The van der Waals surface area contributed by atoms with E-state index in [9.17, 15) is 19.6 Å². The minimum atomic E-state index is -0.609. The first kappa shape index (κ1) is 19.4. The largest absolute Gasteiger partial charge is 0.368 e. The summed E-state index contributed by atoms with van der Waals surface area (Å²) in [5.41, 5.74) is 5.31. The summed E-state index contributed by atoms with van der Waals surface area (Å²) in [5.74, 6) is -0.121. The van der Waals surface area contributed by atoms with Crippen molar-refractivity contribution in [2.75, 3.05) is 31.1 Å². The molecule has 0 aliphatic carbocycles. The summed E-state index contributed by atoms with van der Waals surface area (Å²) in [7, 11) is 2.89. The van der Waals surface area contributed by atoms with Crippen LogP contribution in [0, 0.1) is 11.3 Å². The summed E-state index contributed by atoms with van der Waals surface area (Å²) >= 11 is 0. The molecule has 1 saturated heterocycles. The van der Waals surface area contributed by atoms with Crippen LogP contribution in [0.2, 0.25) is 0 Å². The molecule has 1 unspecified atom stereocenters. The fourth-order valence-electron chi connectivity index (χ4n) is 3.68. The highest BCUT2D eigenvalue weighted by Gasteiger charge is 2.31. The molecule has 9 nitrogen and oxygen atoms in total. The minimum Gasteiger partial charge on any atom is -0.368 e. The molecule has 0 saturated carbocycles. The lowest BCUT2D eigenvalue weighted by Gasteiger charge is -2.39. The molecule has 1 amide bonds. The molecule has 1 aliphatic heterocycles. The number of nitriles is 1. The van der Waals surface area contributed by atoms with Crippen molar-refractivity contribution in [3.8, 4) is 6.07 Å². The summed E-state index contributed by atoms with van der Waals surface area (Å²) in [6.07, 6.45) is 0. The van der Waals surface area contributed by atoms with Gasteiger partial charge in [0.05, 0.1) is 0 Å². The first-order valence-corrected chi connectivity index (χ1v) is 8.90. The quantitative estimate of drug-likeness (QED) is 0.748. The second-order valence-corrected chi connectivity index (χ2v) is 6.75. The lowest BCUT2D eigenvalue weighted by atomic mass is 10.0. The average Bonchev–Trinajstić information content (AvgIpc) is 2.70. The molecule has 1 atom stereocenters. The van der Waals surface area contributed by atoms with E-state index in [0.29, 0.717) is 32.0 Å². The fourth-order valence-corrected chi connectivity index (χ4v) is 3.68. The zero-order chi connectivity index (χ0) is 20.4. The fraction of sp³-hybridized carbons (Fsp3) is 0.368. The molecule has 28 heavy (non-hydrogen) atoms. The van der Waals surface area contributed by atoms with E-state index >= 15 is 0 Å². The monoisotopic (exact) mass is 382 g/mol. The van der Waals surface area contributed by atoms with Crippen molar-refractivity contribution >= 4 is 11.7 Å². The molecule has 0 bridgehead atoms. The van der Waals surface area contributed by atoms with Crippen LogP contribution < -0.4 is 21.9 Å². The highest BCUT2D eigenvalue weighted by molar-refractivity contribution is 5.81. The van der Waals surface area contributed by atoms with Crippen molar-refractivity contribution in [2.24, 2.45) is 19.8 Å². The summed E-state index contributed by atoms with van der Waals surface area (Å²) < 4.78 is 2.25. The van der Waals surface area contributed by atoms with Gasteiger partial charge in [0, 0.05) is 40.3 Å². The molecule has 2 N–H and O–H groups in total. The zero-order valence-electron chi connectivity index (χ0n) is 15.8. The Morgan fingerprint density at radius 3 is 2.21 bits per heavy atom. The lowest BCUT2D eigenvalue weighted by molar-refractivity contribution is -0.123. The first-order chi connectivity index (χ1) is 13.4. The van der Waals surface area contributed by atoms with Gasteiger partial charge < -0.3 is 10.6 Å². The van der Waals surface area contributed by atoms with Crippen molar-refractivity contribution in [1.82, 2.24) is 14.0 Å². The van der Waals surface area contributed by atoms with Crippen LogP contribution in [0.4, 0.5) is 5.82 Å². The van der Waals surface area contributed by atoms with Crippen LogP contribution in [0.25, 0.3) is 0 Å². The molecule has 2 heterocycles. The topological polar surface area (TPSA) is 117 Å². The van der Waals surface area contributed by atoms with Crippen LogP contribution in [0.5, 0.6) is 0 Å². The van der Waals surface area contributed by atoms with Gasteiger partial charge in [0.15, 0.2) is 5.56 Å². The number of amides is 1. The van der Waals surface area contributed by atoms with E-state index in [1.807, 2.05) is 46.2 Å². The van der Waals surface area contributed by atoms with Crippen LogP contribution in [0.15, 0.2) is 39.9 Å². The van der Waals surface area contributed by atoms with Gasteiger partial charge in [-0.2, -0.15) is 5.26 Å². The Morgan fingerprint density at radius 1 is 1.07 bits per heavy atom. The zero-order valence-corrected chi connectivity index (χ0v) is 15.8. The Morgan fingerprint density at radius 2 is 1.68 bits per heavy atom. The number of nitrogens with two attached hydrogens (primary N) is 1.